The Bertz CT molecular complexity index is 757. The first-order chi connectivity index (χ1) is 11.2. The fourth-order valence-electron chi connectivity index (χ4n) is 1.80. The van der Waals surface area contributed by atoms with Crippen molar-refractivity contribution < 1.29 is 9.13 Å². The summed E-state index contributed by atoms with van der Waals surface area (Å²) in [7, 11) is 0. The van der Waals surface area contributed by atoms with E-state index in [1.807, 2.05) is 12.3 Å². The van der Waals surface area contributed by atoms with Gasteiger partial charge in [0.25, 0.3) is 0 Å². The summed E-state index contributed by atoms with van der Waals surface area (Å²) in [5, 5.41) is 10.7. The molecule has 0 atom stereocenters. The molecule has 0 aliphatic heterocycles. The summed E-state index contributed by atoms with van der Waals surface area (Å²) in [6.45, 7) is 2.41. The maximum absolute atomic E-state index is 12.8. The Morgan fingerprint density at radius 3 is 2.83 bits per heavy atom. The standard InChI is InChI=1S/C15H15FN4OS2/c1-2-13-18-15(20-19-13)23-9-11-8-22-14(17-11)7-21-12-5-3-10(16)4-6-12/h3-6,8H,2,7,9H2,1H3,(H,18,19,20). The summed E-state index contributed by atoms with van der Waals surface area (Å²) in [6.07, 6.45) is 0.842. The van der Waals surface area contributed by atoms with Crippen molar-refractivity contribution in [2.75, 3.05) is 0 Å². The van der Waals surface area contributed by atoms with Crippen LogP contribution in [0.15, 0.2) is 34.8 Å². The summed E-state index contributed by atoms with van der Waals surface area (Å²) in [4.78, 5) is 8.87. The summed E-state index contributed by atoms with van der Waals surface area (Å²) in [6, 6.07) is 5.96. The molecule has 0 aliphatic rings. The van der Waals surface area contributed by atoms with Crippen LogP contribution in [0.1, 0.15) is 23.4 Å². The van der Waals surface area contributed by atoms with Gasteiger partial charge in [-0.05, 0) is 24.3 Å². The number of H-pyrrole nitrogens is 1. The lowest BCUT2D eigenvalue weighted by Gasteiger charge is -2.03. The van der Waals surface area contributed by atoms with E-state index < -0.39 is 0 Å². The Morgan fingerprint density at radius 1 is 1.26 bits per heavy atom. The van der Waals surface area contributed by atoms with Crippen molar-refractivity contribution >= 4 is 23.1 Å². The lowest BCUT2D eigenvalue weighted by Crippen LogP contribution is -1.95. The Kier molecular flexibility index (Phi) is 5.24. The molecule has 0 fully saturated rings. The van der Waals surface area contributed by atoms with E-state index in [9.17, 15) is 4.39 Å². The molecule has 3 aromatic rings. The number of rotatable bonds is 7. The molecule has 0 radical (unpaired) electrons. The molecule has 1 N–H and O–H groups in total. The minimum Gasteiger partial charge on any atom is -0.486 e. The van der Waals surface area contributed by atoms with Crippen LogP contribution in [0.3, 0.4) is 0 Å². The maximum Gasteiger partial charge on any atom is 0.208 e. The second kappa shape index (κ2) is 7.56. The van der Waals surface area contributed by atoms with Crippen molar-refractivity contribution in [3.05, 3.63) is 52.0 Å². The number of aryl methyl sites for hydroxylation is 1. The zero-order valence-electron chi connectivity index (χ0n) is 12.5. The lowest BCUT2D eigenvalue weighted by molar-refractivity contribution is 0.305. The van der Waals surface area contributed by atoms with E-state index in [0.29, 0.717) is 18.1 Å². The largest absolute Gasteiger partial charge is 0.486 e. The van der Waals surface area contributed by atoms with Gasteiger partial charge in [0.15, 0.2) is 0 Å². The van der Waals surface area contributed by atoms with Gasteiger partial charge in [0.05, 0.1) is 5.69 Å². The Hall–Kier alpha value is -1.93. The van der Waals surface area contributed by atoms with E-state index in [1.165, 1.54) is 12.1 Å². The molecule has 0 unspecified atom stereocenters. The van der Waals surface area contributed by atoms with Gasteiger partial charge in [-0.15, -0.1) is 16.4 Å². The van der Waals surface area contributed by atoms with Crippen molar-refractivity contribution in [1.82, 2.24) is 20.2 Å². The van der Waals surface area contributed by atoms with Crippen LogP contribution in [-0.2, 0) is 18.8 Å². The van der Waals surface area contributed by atoms with Gasteiger partial charge < -0.3 is 4.74 Å². The number of hydrogen-bond acceptors (Lipinski definition) is 6. The molecule has 0 bridgehead atoms. The number of aromatic nitrogens is 4. The van der Waals surface area contributed by atoms with Crippen LogP contribution >= 0.6 is 23.1 Å². The zero-order valence-corrected chi connectivity index (χ0v) is 14.1. The van der Waals surface area contributed by atoms with Crippen LogP contribution in [0, 0.1) is 5.82 Å². The molecule has 3 rings (SSSR count). The molecule has 8 heteroatoms. The fraction of sp³-hybridized carbons (Fsp3) is 0.267. The van der Waals surface area contributed by atoms with Gasteiger partial charge in [0.1, 0.15) is 29.0 Å². The normalized spacial score (nSPS) is 10.9. The van der Waals surface area contributed by atoms with Crippen LogP contribution in [0.4, 0.5) is 4.39 Å². The van der Waals surface area contributed by atoms with Gasteiger partial charge in [0, 0.05) is 17.6 Å². The minimum atomic E-state index is -0.274. The maximum atomic E-state index is 12.8. The van der Waals surface area contributed by atoms with Crippen molar-refractivity contribution in [2.24, 2.45) is 0 Å². The third-order valence-corrected chi connectivity index (χ3v) is 4.72. The third kappa shape index (κ3) is 4.52. The SMILES string of the molecule is CCc1nc(SCc2csc(COc3ccc(F)cc3)n2)n[nH]1. The first-order valence-electron chi connectivity index (χ1n) is 7.08. The van der Waals surface area contributed by atoms with Gasteiger partial charge >= 0.3 is 0 Å². The Morgan fingerprint density at radius 2 is 2.09 bits per heavy atom. The predicted octanol–water partition coefficient (Wildman–Crippen LogP) is 3.83. The highest BCUT2D eigenvalue weighted by atomic mass is 32.2. The summed E-state index contributed by atoms with van der Waals surface area (Å²) in [5.41, 5.74) is 0.973. The molecule has 0 saturated carbocycles. The first kappa shape index (κ1) is 15.9. The van der Waals surface area contributed by atoms with E-state index in [0.717, 1.165) is 28.1 Å². The van der Waals surface area contributed by atoms with Crippen LogP contribution in [0.25, 0.3) is 0 Å². The van der Waals surface area contributed by atoms with E-state index in [-0.39, 0.29) is 5.82 Å². The van der Waals surface area contributed by atoms with Crippen molar-refractivity contribution in [1.29, 1.82) is 0 Å². The fourth-order valence-corrected chi connectivity index (χ4v) is 3.32. The third-order valence-electron chi connectivity index (χ3n) is 2.97. The number of nitrogens with zero attached hydrogens (tertiary/aromatic N) is 3. The molecule has 2 aromatic heterocycles. The monoisotopic (exact) mass is 350 g/mol. The average Bonchev–Trinajstić information content (AvgIpc) is 3.21. The second-order valence-electron chi connectivity index (χ2n) is 4.68. The molecule has 5 nitrogen and oxygen atoms in total. The number of thioether (sulfide) groups is 1. The molecular weight excluding hydrogens is 335 g/mol. The number of thiazole rings is 1. The second-order valence-corrected chi connectivity index (χ2v) is 6.57. The highest BCUT2D eigenvalue weighted by Crippen LogP contribution is 2.21. The molecule has 120 valence electrons. The van der Waals surface area contributed by atoms with E-state index in [2.05, 4.69) is 20.2 Å². The number of benzene rings is 1. The molecule has 23 heavy (non-hydrogen) atoms. The average molecular weight is 350 g/mol. The summed E-state index contributed by atoms with van der Waals surface area (Å²) in [5.74, 6) is 1.96. The number of halogens is 1. The zero-order chi connectivity index (χ0) is 16.1. The highest BCUT2D eigenvalue weighted by Gasteiger charge is 2.07. The van der Waals surface area contributed by atoms with Gasteiger partial charge in [-0.1, -0.05) is 18.7 Å². The predicted molar refractivity (Wildman–Crippen MR) is 88.2 cm³/mol. The lowest BCUT2D eigenvalue weighted by atomic mass is 10.3. The molecule has 2 heterocycles. The molecule has 1 aromatic carbocycles. The molecule has 0 spiro atoms. The summed E-state index contributed by atoms with van der Waals surface area (Å²) >= 11 is 3.09. The van der Waals surface area contributed by atoms with Crippen molar-refractivity contribution in [3.8, 4) is 5.75 Å². The van der Waals surface area contributed by atoms with Crippen LogP contribution in [0.5, 0.6) is 5.75 Å². The van der Waals surface area contributed by atoms with Gasteiger partial charge in [0.2, 0.25) is 5.16 Å². The smallest absolute Gasteiger partial charge is 0.208 e. The Labute approximate surface area is 141 Å². The number of ether oxygens (including phenoxy) is 1. The molecular formula is C15H15FN4OS2. The number of aromatic amines is 1. The van der Waals surface area contributed by atoms with Crippen molar-refractivity contribution in [3.63, 3.8) is 0 Å². The quantitative estimate of drug-likeness (QED) is 0.656. The van der Waals surface area contributed by atoms with Crippen molar-refractivity contribution in [2.45, 2.75) is 30.9 Å². The van der Waals surface area contributed by atoms with E-state index in [1.54, 1.807) is 35.2 Å². The van der Waals surface area contributed by atoms with Gasteiger partial charge in [-0.2, -0.15) is 0 Å². The first-order valence-corrected chi connectivity index (χ1v) is 8.95. The van der Waals surface area contributed by atoms with E-state index in [4.69, 9.17) is 4.74 Å². The highest BCUT2D eigenvalue weighted by molar-refractivity contribution is 7.98. The number of hydrogen-bond donors (Lipinski definition) is 1. The van der Waals surface area contributed by atoms with Crippen LogP contribution in [0.2, 0.25) is 0 Å². The Balaban J connectivity index is 1.50. The van der Waals surface area contributed by atoms with Gasteiger partial charge in [-0.3, -0.25) is 5.10 Å². The van der Waals surface area contributed by atoms with Crippen LogP contribution in [-0.4, -0.2) is 20.2 Å². The number of nitrogens with one attached hydrogen (secondary N) is 1. The summed E-state index contributed by atoms with van der Waals surface area (Å²) < 4.78 is 18.4. The van der Waals surface area contributed by atoms with Gasteiger partial charge in [-0.25, -0.2) is 14.4 Å². The molecule has 0 aliphatic carbocycles. The van der Waals surface area contributed by atoms with E-state index >= 15 is 0 Å². The molecule has 0 amide bonds. The topological polar surface area (TPSA) is 63.7 Å². The molecule has 0 saturated heterocycles. The van der Waals surface area contributed by atoms with Crippen LogP contribution < -0.4 is 4.74 Å². The minimum absolute atomic E-state index is 0.274.